The van der Waals surface area contributed by atoms with Crippen LogP contribution in [0.2, 0.25) is 0 Å². The van der Waals surface area contributed by atoms with Gasteiger partial charge in [-0.15, -0.1) is 0 Å². The van der Waals surface area contributed by atoms with Crippen LogP contribution in [-0.2, 0) is 20.7 Å². The molecule has 8 heteroatoms. The Morgan fingerprint density at radius 2 is 2.24 bits per heavy atom. The summed E-state index contributed by atoms with van der Waals surface area (Å²) in [6.45, 7) is 0.615. The normalized spacial score (nSPS) is 26.1. The zero-order valence-corrected chi connectivity index (χ0v) is 14.7. The number of amides is 1. The van der Waals surface area contributed by atoms with Crippen molar-refractivity contribution in [3.63, 3.8) is 0 Å². The van der Waals surface area contributed by atoms with E-state index in [2.05, 4.69) is 10.3 Å². The van der Waals surface area contributed by atoms with Gasteiger partial charge >= 0.3 is 0 Å². The van der Waals surface area contributed by atoms with Crippen LogP contribution in [0.5, 0.6) is 0 Å². The lowest BCUT2D eigenvalue weighted by molar-refractivity contribution is -0.125. The van der Waals surface area contributed by atoms with Gasteiger partial charge in [-0.25, -0.2) is 0 Å². The van der Waals surface area contributed by atoms with E-state index in [-0.39, 0.29) is 31.7 Å². The van der Waals surface area contributed by atoms with Crippen LogP contribution in [0.15, 0.2) is 24.4 Å². The molecule has 0 radical (unpaired) electrons. The molecule has 25 heavy (non-hydrogen) atoms. The van der Waals surface area contributed by atoms with Crippen LogP contribution in [-0.4, -0.2) is 90.8 Å². The highest BCUT2D eigenvalue weighted by molar-refractivity contribution is 5.77. The molecule has 0 aliphatic carbocycles. The summed E-state index contributed by atoms with van der Waals surface area (Å²) in [6, 6.07) is 5.43. The standard InChI is InChI=1S/C17H27N3O5/c1-20(8-6-12-5-3-4-7-18-12)16-13(9-19-15(22)11-24-2)25-14(10-21)17(16)23/h3-5,7,13-14,16-17,21,23H,6,8-11H2,1-2H3,(H,19,22)/t13-,14+,16-,17-/m1/s1. The van der Waals surface area contributed by atoms with Crippen LogP contribution in [0.3, 0.4) is 0 Å². The summed E-state index contributed by atoms with van der Waals surface area (Å²) in [5.74, 6) is -0.247. The first-order chi connectivity index (χ1) is 12.1. The molecule has 0 unspecified atom stereocenters. The van der Waals surface area contributed by atoms with Crippen LogP contribution in [0, 0.1) is 0 Å². The molecular weight excluding hydrogens is 326 g/mol. The van der Waals surface area contributed by atoms with Gasteiger partial charge in [0.1, 0.15) is 18.8 Å². The topological polar surface area (TPSA) is 104 Å². The second kappa shape index (κ2) is 9.79. The number of hydrogen-bond acceptors (Lipinski definition) is 7. The maximum absolute atomic E-state index is 11.6. The van der Waals surface area contributed by atoms with Crippen molar-refractivity contribution in [1.82, 2.24) is 15.2 Å². The van der Waals surface area contributed by atoms with Gasteiger partial charge in [0.15, 0.2) is 0 Å². The van der Waals surface area contributed by atoms with Gasteiger partial charge in [0.2, 0.25) is 5.91 Å². The van der Waals surface area contributed by atoms with E-state index < -0.39 is 18.3 Å². The number of hydrogen-bond donors (Lipinski definition) is 3. The third-order valence-corrected chi connectivity index (χ3v) is 4.37. The molecule has 0 bridgehead atoms. The molecule has 0 aromatic carbocycles. The number of methoxy groups -OCH3 is 1. The molecule has 140 valence electrons. The number of carbonyl (C=O) groups is 1. The van der Waals surface area contributed by atoms with Gasteiger partial charge in [0, 0.05) is 38.5 Å². The van der Waals surface area contributed by atoms with Crippen LogP contribution in [0.4, 0.5) is 0 Å². The summed E-state index contributed by atoms with van der Waals surface area (Å²) in [5, 5.41) is 22.6. The number of aliphatic hydroxyl groups excluding tert-OH is 2. The fourth-order valence-electron chi connectivity index (χ4n) is 3.07. The first-order valence-corrected chi connectivity index (χ1v) is 8.37. The third kappa shape index (κ3) is 5.45. The Kier molecular flexibility index (Phi) is 7.73. The molecule has 0 saturated carbocycles. The number of aliphatic hydroxyl groups is 2. The van der Waals surface area contributed by atoms with E-state index in [9.17, 15) is 15.0 Å². The van der Waals surface area contributed by atoms with Gasteiger partial charge in [-0.1, -0.05) is 6.07 Å². The average molecular weight is 353 g/mol. The van der Waals surface area contributed by atoms with E-state index in [1.807, 2.05) is 30.1 Å². The van der Waals surface area contributed by atoms with Gasteiger partial charge in [-0.05, 0) is 19.2 Å². The van der Waals surface area contributed by atoms with Crippen molar-refractivity contribution in [3.8, 4) is 0 Å². The molecule has 1 aliphatic rings. The lowest BCUT2D eigenvalue weighted by Gasteiger charge is -2.30. The number of aromatic nitrogens is 1. The average Bonchev–Trinajstić information content (AvgIpc) is 2.95. The van der Waals surface area contributed by atoms with Gasteiger partial charge in [-0.3, -0.25) is 14.7 Å². The Labute approximate surface area is 147 Å². The van der Waals surface area contributed by atoms with Crippen molar-refractivity contribution in [2.45, 2.75) is 30.8 Å². The molecule has 4 atom stereocenters. The predicted molar refractivity (Wildman–Crippen MR) is 91.0 cm³/mol. The Morgan fingerprint density at radius 3 is 2.88 bits per heavy atom. The minimum atomic E-state index is -0.831. The number of carbonyl (C=O) groups excluding carboxylic acids is 1. The third-order valence-electron chi connectivity index (χ3n) is 4.37. The Balaban J connectivity index is 1.95. The SMILES string of the molecule is COCC(=O)NC[C@H]1O[C@@H](CO)[C@@H](O)[C@@H]1N(C)CCc1ccccn1. The van der Waals surface area contributed by atoms with Gasteiger partial charge in [0.05, 0.1) is 18.8 Å². The van der Waals surface area contributed by atoms with E-state index in [1.54, 1.807) is 6.20 Å². The van der Waals surface area contributed by atoms with Gasteiger partial charge < -0.3 is 25.0 Å². The fraction of sp³-hybridized carbons (Fsp3) is 0.647. The predicted octanol–water partition coefficient (Wildman–Crippen LogP) is -1.19. The lowest BCUT2D eigenvalue weighted by Crippen LogP contribution is -2.50. The van der Waals surface area contributed by atoms with Crippen molar-refractivity contribution in [1.29, 1.82) is 0 Å². The van der Waals surface area contributed by atoms with E-state index >= 15 is 0 Å². The molecule has 1 saturated heterocycles. The summed E-state index contributed by atoms with van der Waals surface area (Å²) in [5.41, 5.74) is 0.964. The maximum atomic E-state index is 11.6. The maximum Gasteiger partial charge on any atom is 0.246 e. The van der Waals surface area contributed by atoms with Crippen LogP contribution >= 0.6 is 0 Å². The highest BCUT2D eigenvalue weighted by Crippen LogP contribution is 2.25. The summed E-state index contributed by atoms with van der Waals surface area (Å²) < 4.78 is 10.5. The smallest absolute Gasteiger partial charge is 0.246 e. The van der Waals surface area contributed by atoms with Gasteiger partial charge in [-0.2, -0.15) is 0 Å². The molecule has 1 fully saturated rings. The molecular formula is C17H27N3O5. The van der Waals surface area contributed by atoms with E-state index in [0.717, 1.165) is 12.1 Å². The van der Waals surface area contributed by atoms with Crippen molar-refractivity contribution < 1.29 is 24.5 Å². The number of nitrogens with zero attached hydrogens (tertiary/aromatic N) is 2. The minimum Gasteiger partial charge on any atom is -0.394 e. The van der Waals surface area contributed by atoms with Crippen molar-refractivity contribution in [2.75, 3.05) is 40.5 Å². The summed E-state index contributed by atoms with van der Waals surface area (Å²) in [6.07, 6.45) is 0.572. The second-order valence-electron chi connectivity index (χ2n) is 6.17. The number of likely N-dealkylation sites (N-methyl/N-ethyl adjacent to an activating group) is 1. The largest absolute Gasteiger partial charge is 0.394 e. The van der Waals surface area contributed by atoms with Gasteiger partial charge in [0.25, 0.3) is 0 Å². The zero-order chi connectivity index (χ0) is 18.2. The summed E-state index contributed by atoms with van der Waals surface area (Å²) in [4.78, 5) is 17.9. The molecule has 1 amide bonds. The van der Waals surface area contributed by atoms with Crippen molar-refractivity contribution >= 4 is 5.91 Å². The molecule has 1 aromatic rings. The first kappa shape index (κ1) is 19.7. The second-order valence-corrected chi connectivity index (χ2v) is 6.17. The van der Waals surface area contributed by atoms with Crippen LogP contribution < -0.4 is 5.32 Å². The first-order valence-electron chi connectivity index (χ1n) is 8.37. The number of nitrogens with one attached hydrogen (secondary N) is 1. The Hall–Kier alpha value is -1.58. The van der Waals surface area contributed by atoms with Crippen molar-refractivity contribution in [3.05, 3.63) is 30.1 Å². The monoisotopic (exact) mass is 353 g/mol. The molecule has 0 spiro atoms. The highest BCUT2D eigenvalue weighted by atomic mass is 16.5. The minimum absolute atomic E-state index is 0.0289. The molecule has 1 aromatic heterocycles. The lowest BCUT2D eigenvalue weighted by atomic mass is 10.0. The number of ether oxygens (including phenoxy) is 2. The molecule has 1 aliphatic heterocycles. The number of pyridine rings is 1. The summed E-state index contributed by atoms with van der Waals surface area (Å²) in [7, 11) is 3.34. The Bertz CT molecular complexity index is 530. The summed E-state index contributed by atoms with van der Waals surface area (Å²) >= 11 is 0. The number of rotatable bonds is 9. The van der Waals surface area contributed by atoms with E-state index in [0.29, 0.717) is 6.54 Å². The van der Waals surface area contributed by atoms with E-state index in [4.69, 9.17) is 9.47 Å². The fourth-order valence-corrected chi connectivity index (χ4v) is 3.07. The zero-order valence-electron chi connectivity index (χ0n) is 14.7. The molecule has 3 N–H and O–H groups in total. The van der Waals surface area contributed by atoms with Crippen molar-refractivity contribution in [2.24, 2.45) is 0 Å². The Morgan fingerprint density at radius 1 is 1.44 bits per heavy atom. The van der Waals surface area contributed by atoms with Crippen LogP contribution in [0.1, 0.15) is 5.69 Å². The van der Waals surface area contributed by atoms with E-state index in [1.165, 1.54) is 7.11 Å². The quantitative estimate of drug-likeness (QED) is 0.513. The molecule has 8 nitrogen and oxygen atoms in total. The molecule has 2 rings (SSSR count). The highest BCUT2D eigenvalue weighted by Gasteiger charge is 2.45. The van der Waals surface area contributed by atoms with Crippen LogP contribution in [0.25, 0.3) is 0 Å². The molecule has 2 heterocycles.